The SMILES string of the molecule is O=C1S/C(=C/c2cc(Cl)c(OCc3ccc(Cl)cc3Cl)c(Br)c2)C(=O)N1CCCc1ccccc1. The lowest BCUT2D eigenvalue weighted by Gasteiger charge is -2.13. The maximum Gasteiger partial charge on any atom is 0.293 e. The van der Waals surface area contributed by atoms with Gasteiger partial charge in [-0.2, -0.15) is 0 Å². The average molecular weight is 612 g/mol. The Bertz CT molecular complexity index is 1280. The zero-order valence-corrected chi connectivity index (χ0v) is 22.9. The summed E-state index contributed by atoms with van der Waals surface area (Å²) in [5, 5.41) is 1.14. The predicted molar refractivity (Wildman–Crippen MR) is 147 cm³/mol. The molecule has 0 unspecified atom stereocenters. The summed E-state index contributed by atoms with van der Waals surface area (Å²) in [4.78, 5) is 26.9. The Morgan fingerprint density at radius 3 is 2.46 bits per heavy atom. The summed E-state index contributed by atoms with van der Waals surface area (Å²) >= 11 is 23.0. The van der Waals surface area contributed by atoms with Crippen molar-refractivity contribution in [1.82, 2.24) is 4.90 Å². The maximum atomic E-state index is 12.8. The number of thioether (sulfide) groups is 1. The minimum Gasteiger partial charge on any atom is -0.486 e. The van der Waals surface area contributed by atoms with Crippen LogP contribution in [0.2, 0.25) is 15.1 Å². The minimum atomic E-state index is -0.294. The molecule has 1 aliphatic rings. The second-order valence-corrected chi connectivity index (χ2v) is 10.9. The number of nitrogens with zero attached hydrogens (tertiary/aromatic N) is 1. The number of hydrogen-bond acceptors (Lipinski definition) is 4. The van der Waals surface area contributed by atoms with Crippen LogP contribution in [0.25, 0.3) is 6.08 Å². The molecule has 0 radical (unpaired) electrons. The van der Waals surface area contributed by atoms with Crippen LogP contribution in [-0.4, -0.2) is 22.6 Å². The van der Waals surface area contributed by atoms with Crippen molar-refractivity contribution in [2.24, 2.45) is 0 Å². The summed E-state index contributed by atoms with van der Waals surface area (Å²) in [7, 11) is 0. The third-order valence-electron chi connectivity index (χ3n) is 5.27. The number of aryl methyl sites for hydroxylation is 1. The highest BCUT2D eigenvalue weighted by molar-refractivity contribution is 9.10. The van der Waals surface area contributed by atoms with Gasteiger partial charge in [-0.25, -0.2) is 0 Å². The second kappa shape index (κ2) is 11.8. The molecule has 0 spiro atoms. The Kier molecular flexibility index (Phi) is 8.84. The Morgan fingerprint density at radius 1 is 0.971 bits per heavy atom. The third kappa shape index (κ3) is 6.63. The van der Waals surface area contributed by atoms with Crippen LogP contribution in [0.15, 0.2) is 70.0 Å². The molecular weight excluding hydrogens is 593 g/mol. The largest absolute Gasteiger partial charge is 0.486 e. The number of rotatable bonds is 8. The number of imide groups is 1. The average Bonchev–Trinajstić information content (AvgIpc) is 3.07. The van der Waals surface area contributed by atoms with Crippen LogP contribution < -0.4 is 4.74 Å². The molecule has 0 bridgehead atoms. The van der Waals surface area contributed by atoms with E-state index >= 15 is 0 Å². The highest BCUT2D eigenvalue weighted by Crippen LogP contribution is 2.38. The first kappa shape index (κ1) is 26.1. The molecule has 4 rings (SSSR count). The molecule has 0 N–H and O–H groups in total. The summed E-state index contributed by atoms with van der Waals surface area (Å²) in [6.07, 6.45) is 3.17. The standard InChI is InChI=1S/C26H19BrCl3NO3S/c27-20-11-17(12-22(30)24(20)34-15-18-8-9-19(28)14-21(18)29)13-23-25(32)31(26(33)35-23)10-4-7-16-5-2-1-3-6-16/h1-3,5-6,8-9,11-14H,4,7,10,15H2/b23-13+. The van der Waals surface area contributed by atoms with E-state index in [4.69, 9.17) is 39.5 Å². The molecule has 0 saturated carbocycles. The second-order valence-electron chi connectivity index (χ2n) is 7.76. The van der Waals surface area contributed by atoms with Gasteiger partial charge in [-0.05, 0) is 82.0 Å². The first-order chi connectivity index (χ1) is 16.8. The van der Waals surface area contributed by atoms with Crippen molar-refractivity contribution in [1.29, 1.82) is 0 Å². The van der Waals surface area contributed by atoms with Gasteiger partial charge in [0.15, 0.2) is 5.75 Å². The van der Waals surface area contributed by atoms with E-state index in [2.05, 4.69) is 15.9 Å². The molecule has 0 aliphatic carbocycles. The Hall–Kier alpha value is -1.96. The highest BCUT2D eigenvalue weighted by Gasteiger charge is 2.34. The normalized spacial score (nSPS) is 14.7. The van der Waals surface area contributed by atoms with Crippen molar-refractivity contribution in [2.75, 3.05) is 6.54 Å². The van der Waals surface area contributed by atoms with Gasteiger partial charge in [0.1, 0.15) is 6.61 Å². The zero-order valence-electron chi connectivity index (χ0n) is 18.3. The lowest BCUT2D eigenvalue weighted by atomic mass is 10.1. The van der Waals surface area contributed by atoms with Gasteiger partial charge in [-0.15, -0.1) is 0 Å². The molecule has 3 aromatic carbocycles. The van der Waals surface area contributed by atoms with Crippen LogP contribution in [0.3, 0.4) is 0 Å². The summed E-state index contributed by atoms with van der Waals surface area (Å²) in [5.41, 5.74) is 2.62. The topological polar surface area (TPSA) is 46.6 Å². The lowest BCUT2D eigenvalue weighted by Crippen LogP contribution is -2.29. The smallest absolute Gasteiger partial charge is 0.293 e. The predicted octanol–water partition coefficient (Wildman–Crippen LogP) is 8.66. The summed E-state index contributed by atoms with van der Waals surface area (Å²) in [6, 6.07) is 18.6. The Morgan fingerprint density at radius 2 is 1.74 bits per heavy atom. The minimum absolute atomic E-state index is 0.204. The van der Waals surface area contributed by atoms with Gasteiger partial charge in [0, 0.05) is 22.2 Å². The van der Waals surface area contributed by atoms with Crippen LogP contribution in [-0.2, 0) is 17.8 Å². The molecule has 0 aromatic heterocycles. The number of ether oxygens (including phenoxy) is 1. The van der Waals surface area contributed by atoms with E-state index in [-0.39, 0.29) is 17.8 Å². The monoisotopic (exact) mass is 609 g/mol. The fourth-order valence-electron chi connectivity index (χ4n) is 3.52. The zero-order chi connectivity index (χ0) is 24.9. The molecule has 9 heteroatoms. The highest BCUT2D eigenvalue weighted by atomic mass is 79.9. The van der Waals surface area contributed by atoms with E-state index in [1.54, 1.807) is 36.4 Å². The van der Waals surface area contributed by atoms with Crippen molar-refractivity contribution in [3.63, 3.8) is 0 Å². The molecule has 1 aliphatic heterocycles. The molecule has 1 saturated heterocycles. The molecule has 35 heavy (non-hydrogen) atoms. The van der Waals surface area contributed by atoms with Gasteiger partial charge in [-0.1, -0.05) is 71.2 Å². The third-order valence-corrected chi connectivity index (χ3v) is 7.63. The number of carbonyl (C=O) groups is 2. The quantitative estimate of drug-likeness (QED) is 0.239. The van der Waals surface area contributed by atoms with Gasteiger partial charge in [-0.3, -0.25) is 14.5 Å². The molecule has 180 valence electrons. The first-order valence-corrected chi connectivity index (χ1v) is 13.4. The number of carbonyl (C=O) groups excluding carboxylic acids is 2. The van der Waals surface area contributed by atoms with Crippen LogP contribution in [0.5, 0.6) is 5.75 Å². The molecule has 1 heterocycles. The Labute approximate surface area is 231 Å². The van der Waals surface area contributed by atoms with Crippen molar-refractivity contribution in [3.8, 4) is 5.75 Å². The van der Waals surface area contributed by atoms with E-state index in [0.717, 1.165) is 23.7 Å². The number of benzene rings is 3. The summed E-state index contributed by atoms with van der Waals surface area (Å²) in [5.74, 6) is 0.155. The van der Waals surface area contributed by atoms with Crippen molar-refractivity contribution >= 4 is 79.7 Å². The van der Waals surface area contributed by atoms with E-state index < -0.39 is 0 Å². The fourth-order valence-corrected chi connectivity index (χ4v) is 5.84. The molecule has 1 fully saturated rings. The van der Waals surface area contributed by atoms with Crippen LogP contribution in [0.4, 0.5) is 4.79 Å². The van der Waals surface area contributed by atoms with Crippen LogP contribution in [0.1, 0.15) is 23.1 Å². The van der Waals surface area contributed by atoms with Gasteiger partial charge in [0.05, 0.1) is 14.4 Å². The number of halogens is 4. The van der Waals surface area contributed by atoms with Gasteiger partial charge < -0.3 is 4.74 Å². The summed E-state index contributed by atoms with van der Waals surface area (Å²) in [6.45, 7) is 0.580. The van der Waals surface area contributed by atoms with Gasteiger partial charge in [0.2, 0.25) is 0 Å². The van der Waals surface area contributed by atoms with E-state index in [0.29, 0.717) is 48.7 Å². The Balaban J connectivity index is 1.42. The van der Waals surface area contributed by atoms with Gasteiger partial charge in [0.25, 0.3) is 11.1 Å². The molecule has 3 aromatic rings. The number of amides is 2. The van der Waals surface area contributed by atoms with Gasteiger partial charge >= 0.3 is 0 Å². The fraction of sp³-hybridized carbons (Fsp3) is 0.154. The molecule has 0 atom stereocenters. The van der Waals surface area contributed by atoms with Crippen molar-refractivity contribution in [2.45, 2.75) is 19.4 Å². The molecule has 2 amide bonds. The molecular formula is C26H19BrCl3NO3S. The first-order valence-electron chi connectivity index (χ1n) is 10.7. The molecule has 4 nitrogen and oxygen atoms in total. The van der Waals surface area contributed by atoms with Crippen molar-refractivity contribution < 1.29 is 14.3 Å². The summed E-state index contributed by atoms with van der Waals surface area (Å²) < 4.78 is 6.49. The number of hydrogen-bond donors (Lipinski definition) is 0. The van der Waals surface area contributed by atoms with E-state index in [1.807, 2.05) is 30.3 Å². The lowest BCUT2D eigenvalue weighted by molar-refractivity contribution is -0.122. The maximum absolute atomic E-state index is 12.8. The van der Waals surface area contributed by atoms with Crippen LogP contribution >= 0.6 is 62.5 Å². The van der Waals surface area contributed by atoms with Crippen LogP contribution in [0, 0.1) is 0 Å². The van der Waals surface area contributed by atoms with E-state index in [9.17, 15) is 9.59 Å². The van der Waals surface area contributed by atoms with Crippen molar-refractivity contribution in [3.05, 3.63) is 102 Å². The van der Waals surface area contributed by atoms with E-state index in [1.165, 1.54) is 10.5 Å².